The second-order valence-corrected chi connectivity index (χ2v) is 4.70. The Morgan fingerprint density at radius 2 is 2.15 bits per heavy atom. The standard InChI is InChI=1S/C15H23N3O2/c1-5-8-18(9-10-20-4)15(19)13-11-12(16)6-7-14(13)17(2)3/h5-7,11H,1,8-10,16H2,2-4H3. The Balaban J connectivity index is 3.09. The third kappa shape index (κ3) is 3.99. The van der Waals surface area contributed by atoms with E-state index < -0.39 is 0 Å². The van der Waals surface area contributed by atoms with Crippen LogP contribution in [0.3, 0.4) is 0 Å². The van der Waals surface area contributed by atoms with Crippen molar-refractivity contribution in [2.24, 2.45) is 0 Å². The second-order valence-electron chi connectivity index (χ2n) is 4.70. The molecule has 0 fully saturated rings. The minimum absolute atomic E-state index is 0.0713. The van der Waals surface area contributed by atoms with Crippen LogP contribution in [0.1, 0.15) is 10.4 Å². The summed E-state index contributed by atoms with van der Waals surface area (Å²) in [6.07, 6.45) is 1.70. The van der Waals surface area contributed by atoms with Crippen LogP contribution in [0.5, 0.6) is 0 Å². The molecule has 2 N–H and O–H groups in total. The number of carbonyl (C=O) groups is 1. The molecule has 110 valence electrons. The fourth-order valence-corrected chi connectivity index (χ4v) is 1.92. The highest BCUT2D eigenvalue weighted by Gasteiger charge is 2.19. The third-order valence-electron chi connectivity index (χ3n) is 2.93. The lowest BCUT2D eigenvalue weighted by atomic mass is 10.1. The predicted molar refractivity (Wildman–Crippen MR) is 83.2 cm³/mol. The lowest BCUT2D eigenvalue weighted by Crippen LogP contribution is -2.35. The van der Waals surface area contributed by atoms with Gasteiger partial charge in [-0.1, -0.05) is 6.08 Å². The van der Waals surface area contributed by atoms with E-state index in [9.17, 15) is 4.79 Å². The van der Waals surface area contributed by atoms with Crippen molar-refractivity contribution in [1.29, 1.82) is 0 Å². The maximum Gasteiger partial charge on any atom is 0.256 e. The van der Waals surface area contributed by atoms with Gasteiger partial charge in [-0.25, -0.2) is 0 Å². The summed E-state index contributed by atoms with van der Waals surface area (Å²) in [6, 6.07) is 5.35. The number of methoxy groups -OCH3 is 1. The SMILES string of the molecule is C=CCN(CCOC)C(=O)c1cc(N)ccc1N(C)C. The Hall–Kier alpha value is -2.01. The molecule has 0 heterocycles. The smallest absolute Gasteiger partial charge is 0.256 e. The first-order valence-electron chi connectivity index (χ1n) is 6.47. The van der Waals surface area contributed by atoms with Crippen LogP contribution in [-0.2, 0) is 4.74 Å². The minimum atomic E-state index is -0.0713. The zero-order valence-corrected chi connectivity index (χ0v) is 12.4. The first-order chi connectivity index (χ1) is 9.51. The number of rotatable bonds is 7. The number of carbonyl (C=O) groups excluding carboxylic acids is 1. The Labute approximate surface area is 120 Å². The molecule has 0 spiro atoms. The van der Waals surface area contributed by atoms with Gasteiger partial charge < -0.3 is 20.3 Å². The van der Waals surface area contributed by atoms with Gasteiger partial charge in [0.25, 0.3) is 5.91 Å². The monoisotopic (exact) mass is 277 g/mol. The van der Waals surface area contributed by atoms with Gasteiger partial charge in [0.2, 0.25) is 0 Å². The van der Waals surface area contributed by atoms with Gasteiger partial charge in [-0.05, 0) is 18.2 Å². The molecule has 20 heavy (non-hydrogen) atoms. The van der Waals surface area contributed by atoms with E-state index in [1.807, 2.05) is 25.1 Å². The topological polar surface area (TPSA) is 58.8 Å². The van der Waals surface area contributed by atoms with Gasteiger partial charge in [-0.2, -0.15) is 0 Å². The lowest BCUT2D eigenvalue weighted by Gasteiger charge is -2.24. The van der Waals surface area contributed by atoms with Crippen molar-refractivity contribution < 1.29 is 9.53 Å². The van der Waals surface area contributed by atoms with Crippen molar-refractivity contribution >= 4 is 17.3 Å². The Morgan fingerprint density at radius 3 is 2.70 bits per heavy atom. The number of amides is 1. The fourth-order valence-electron chi connectivity index (χ4n) is 1.92. The number of hydrogen-bond acceptors (Lipinski definition) is 4. The van der Waals surface area contributed by atoms with E-state index in [0.29, 0.717) is 30.9 Å². The molecule has 0 bridgehead atoms. The Bertz CT molecular complexity index is 472. The van der Waals surface area contributed by atoms with Crippen molar-refractivity contribution in [3.05, 3.63) is 36.4 Å². The van der Waals surface area contributed by atoms with Gasteiger partial charge >= 0.3 is 0 Å². The maximum atomic E-state index is 12.7. The van der Waals surface area contributed by atoms with Crippen LogP contribution >= 0.6 is 0 Å². The normalized spacial score (nSPS) is 10.2. The first kappa shape index (κ1) is 16.0. The number of nitrogen functional groups attached to an aromatic ring is 1. The average Bonchev–Trinajstić information content (AvgIpc) is 2.42. The number of nitrogens with two attached hydrogens (primary N) is 1. The molecule has 5 heteroatoms. The van der Waals surface area contributed by atoms with Crippen LogP contribution in [0.4, 0.5) is 11.4 Å². The van der Waals surface area contributed by atoms with Crippen molar-refractivity contribution in [3.8, 4) is 0 Å². The van der Waals surface area contributed by atoms with E-state index in [0.717, 1.165) is 5.69 Å². The first-order valence-corrected chi connectivity index (χ1v) is 6.47. The largest absolute Gasteiger partial charge is 0.399 e. The van der Waals surface area contributed by atoms with E-state index in [1.165, 1.54) is 0 Å². The Morgan fingerprint density at radius 1 is 1.45 bits per heavy atom. The molecule has 0 aliphatic rings. The summed E-state index contributed by atoms with van der Waals surface area (Å²) >= 11 is 0. The molecule has 1 amide bonds. The predicted octanol–water partition coefficient (Wildman–Crippen LogP) is 1.61. The molecule has 0 radical (unpaired) electrons. The molecular weight excluding hydrogens is 254 g/mol. The second kappa shape index (κ2) is 7.55. The Kier molecular flexibility index (Phi) is 6.06. The molecular formula is C15H23N3O2. The summed E-state index contributed by atoms with van der Waals surface area (Å²) in [4.78, 5) is 16.2. The van der Waals surface area contributed by atoms with Gasteiger partial charge in [-0.15, -0.1) is 6.58 Å². The lowest BCUT2D eigenvalue weighted by molar-refractivity contribution is 0.0719. The van der Waals surface area contributed by atoms with Crippen LogP contribution in [0.2, 0.25) is 0 Å². The molecule has 0 aromatic heterocycles. The van der Waals surface area contributed by atoms with Crippen molar-refractivity contribution in [2.75, 3.05) is 51.5 Å². The molecule has 0 aliphatic heterocycles. The molecule has 0 saturated carbocycles. The average molecular weight is 277 g/mol. The summed E-state index contributed by atoms with van der Waals surface area (Å²) in [5.41, 5.74) is 7.81. The van der Waals surface area contributed by atoms with Crippen molar-refractivity contribution in [2.45, 2.75) is 0 Å². The van der Waals surface area contributed by atoms with Crippen LogP contribution in [0.25, 0.3) is 0 Å². The zero-order valence-electron chi connectivity index (χ0n) is 12.4. The molecule has 1 aromatic carbocycles. The van der Waals surface area contributed by atoms with E-state index in [1.54, 1.807) is 30.2 Å². The third-order valence-corrected chi connectivity index (χ3v) is 2.93. The van der Waals surface area contributed by atoms with E-state index in [4.69, 9.17) is 10.5 Å². The van der Waals surface area contributed by atoms with Crippen LogP contribution in [-0.4, -0.2) is 51.7 Å². The molecule has 0 aliphatic carbocycles. The summed E-state index contributed by atoms with van der Waals surface area (Å²) in [5, 5.41) is 0. The van der Waals surface area contributed by atoms with Gasteiger partial charge in [0, 0.05) is 45.7 Å². The number of nitrogens with zero attached hydrogens (tertiary/aromatic N) is 2. The number of hydrogen-bond donors (Lipinski definition) is 1. The molecule has 0 atom stereocenters. The van der Waals surface area contributed by atoms with Gasteiger partial charge in [0.15, 0.2) is 0 Å². The molecule has 1 aromatic rings. The summed E-state index contributed by atoms with van der Waals surface area (Å²) in [7, 11) is 5.41. The molecule has 5 nitrogen and oxygen atoms in total. The van der Waals surface area contributed by atoms with E-state index in [2.05, 4.69) is 6.58 Å². The van der Waals surface area contributed by atoms with Crippen LogP contribution in [0, 0.1) is 0 Å². The van der Waals surface area contributed by atoms with Crippen molar-refractivity contribution in [1.82, 2.24) is 4.90 Å². The highest BCUT2D eigenvalue weighted by molar-refractivity contribution is 6.00. The van der Waals surface area contributed by atoms with Gasteiger partial charge in [0.05, 0.1) is 12.2 Å². The summed E-state index contributed by atoms with van der Waals surface area (Å²) in [6.45, 7) is 5.17. The molecule has 0 saturated heterocycles. The quantitative estimate of drug-likeness (QED) is 0.607. The van der Waals surface area contributed by atoms with Crippen LogP contribution < -0.4 is 10.6 Å². The minimum Gasteiger partial charge on any atom is -0.399 e. The van der Waals surface area contributed by atoms with Gasteiger partial charge in [-0.3, -0.25) is 4.79 Å². The van der Waals surface area contributed by atoms with Crippen molar-refractivity contribution in [3.63, 3.8) is 0 Å². The highest BCUT2D eigenvalue weighted by Crippen LogP contribution is 2.23. The van der Waals surface area contributed by atoms with Gasteiger partial charge in [0.1, 0.15) is 0 Å². The molecule has 1 rings (SSSR count). The fraction of sp³-hybridized carbons (Fsp3) is 0.400. The summed E-state index contributed by atoms with van der Waals surface area (Å²) < 4.78 is 5.04. The van der Waals surface area contributed by atoms with Crippen LogP contribution in [0.15, 0.2) is 30.9 Å². The summed E-state index contributed by atoms with van der Waals surface area (Å²) in [5.74, 6) is -0.0713. The number of ether oxygens (including phenoxy) is 1. The van der Waals surface area contributed by atoms with E-state index >= 15 is 0 Å². The molecule has 0 unspecified atom stereocenters. The van der Waals surface area contributed by atoms with E-state index in [-0.39, 0.29) is 5.91 Å². The zero-order chi connectivity index (χ0) is 15.1. The highest BCUT2D eigenvalue weighted by atomic mass is 16.5. The number of anilines is 2. The maximum absolute atomic E-state index is 12.7. The number of benzene rings is 1.